The Bertz CT molecular complexity index is 1050. The molecule has 1 aromatic heterocycles. The molecule has 0 aliphatic carbocycles. The number of thioether (sulfide) groups is 1. The molecule has 5 heteroatoms. The third-order valence-corrected chi connectivity index (χ3v) is 6.94. The van der Waals surface area contributed by atoms with Crippen molar-refractivity contribution in [2.45, 2.75) is 37.6 Å². The highest BCUT2D eigenvalue weighted by Crippen LogP contribution is 2.42. The van der Waals surface area contributed by atoms with Crippen molar-refractivity contribution < 1.29 is 4.42 Å². The average molecular weight is 418 g/mol. The molecule has 0 atom stereocenters. The summed E-state index contributed by atoms with van der Waals surface area (Å²) in [4.78, 5) is 8.19. The summed E-state index contributed by atoms with van der Waals surface area (Å²) in [5.41, 5.74) is 4.97. The van der Waals surface area contributed by atoms with Crippen LogP contribution in [0.25, 0.3) is 11.3 Å². The molecule has 3 heterocycles. The van der Waals surface area contributed by atoms with E-state index < -0.39 is 0 Å². The Kier molecular flexibility index (Phi) is 5.40. The van der Waals surface area contributed by atoms with Gasteiger partial charge in [0.05, 0.1) is 23.5 Å². The minimum atomic E-state index is 0.774. The van der Waals surface area contributed by atoms with Gasteiger partial charge in [0.2, 0.25) is 5.89 Å². The average Bonchev–Trinajstić information content (AvgIpc) is 3.36. The van der Waals surface area contributed by atoms with Crippen molar-refractivity contribution in [2.24, 2.45) is 5.92 Å². The maximum atomic E-state index is 6.09. The number of nitrogens with zero attached hydrogens (tertiary/aromatic N) is 2. The second-order valence-electron chi connectivity index (χ2n) is 8.39. The number of anilines is 1. The standard InChI is InChI=1S/C25H27N3OS/c1-17-3-5-19(6-4-17)13-20-9-11-28(12-10-20)16-25-26-15-23(29-25)21-7-8-22-24(14-21)30-18(2)27-22/h3-8,14-15,20,27H,2,9-13,16H2,1H3. The second-order valence-corrected chi connectivity index (χ2v) is 9.53. The molecule has 0 unspecified atom stereocenters. The van der Waals surface area contributed by atoms with Gasteiger partial charge in [-0.2, -0.15) is 0 Å². The zero-order valence-corrected chi connectivity index (χ0v) is 18.2. The summed E-state index contributed by atoms with van der Waals surface area (Å²) in [5.74, 6) is 2.41. The molecule has 5 rings (SSSR count). The molecule has 1 N–H and O–H groups in total. The van der Waals surface area contributed by atoms with Crippen molar-refractivity contribution in [3.63, 3.8) is 0 Å². The van der Waals surface area contributed by atoms with Crippen LogP contribution in [0.5, 0.6) is 0 Å². The summed E-state index contributed by atoms with van der Waals surface area (Å²) < 4.78 is 6.09. The van der Waals surface area contributed by atoms with Gasteiger partial charge in [-0.05, 0) is 69.0 Å². The lowest BCUT2D eigenvalue weighted by Crippen LogP contribution is -2.33. The van der Waals surface area contributed by atoms with Gasteiger partial charge in [0.15, 0.2) is 5.76 Å². The van der Waals surface area contributed by atoms with E-state index in [-0.39, 0.29) is 0 Å². The quantitative estimate of drug-likeness (QED) is 0.544. The number of benzene rings is 2. The molecule has 30 heavy (non-hydrogen) atoms. The van der Waals surface area contributed by atoms with E-state index >= 15 is 0 Å². The Morgan fingerprint density at radius 2 is 1.97 bits per heavy atom. The molecule has 2 aliphatic heterocycles. The fraction of sp³-hybridized carbons (Fsp3) is 0.320. The van der Waals surface area contributed by atoms with Gasteiger partial charge in [-0.15, -0.1) is 0 Å². The maximum Gasteiger partial charge on any atom is 0.209 e. The van der Waals surface area contributed by atoms with Crippen molar-refractivity contribution in [1.29, 1.82) is 0 Å². The predicted molar refractivity (Wildman–Crippen MR) is 123 cm³/mol. The van der Waals surface area contributed by atoms with Gasteiger partial charge in [0.1, 0.15) is 0 Å². The third kappa shape index (κ3) is 4.32. The van der Waals surface area contributed by atoms with Crippen molar-refractivity contribution >= 4 is 17.4 Å². The zero-order chi connectivity index (χ0) is 20.5. The van der Waals surface area contributed by atoms with Crippen LogP contribution >= 0.6 is 11.8 Å². The lowest BCUT2D eigenvalue weighted by Gasteiger charge is -2.31. The van der Waals surface area contributed by atoms with Crippen LogP contribution in [-0.4, -0.2) is 23.0 Å². The Balaban J connectivity index is 1.16. The Hall–Kier alpha value is -2.50. The number of likely N-dealkylation sites (tertiary alicyclic amines) is 1. The van der Waals surface area contributed by atoms with Crippen LogP contribution in [0, 0.1) is 12.8 Å². The first-order chi connectivity index (χ1) is 14.6. The number of rotatable bonds is 5. The number of fused-ring (bicyclic) bond motifs is 1. The number of piperidine rings is 1. The first kappa shape index (κ1) is 19.5. The fourth-order valence-electron chi connectivity index (χ4n) is 4.29. The van der Waals surface area contributed by atoms with E-state index in [0.29, 0.717) is 0 Å². The van der Waals surface area contributed by atoms with E-state index in [0.717, 1.165) is 53.5 Å². The number of oxazole rings is 1. The molecular weight excluding hydrogens is 390 g/mol. The molecule has 154 valence electrons. The topological polar surface area (TPSA) is 41.3 Å². The highest BCUT2D eigenvalue weighted by Gasteiger charge is 2.21. The van der Waals surface area contributed by atoms with E-state index in [9.17, 15) is 0 Å². The maximum absolute atomic E-state index is 6.09. The lowest BCUT2D eigenvalue weighted by atomic mass is 9.90. The van der Waals surface area contributed by atoms with Crippen molar-refractivity contribution in [3.8, 4) is 11.3 Å². The molecule has 2 aromatic carbocycles. The summed E-state index contributed by atoms with van der Waals surface area (Å²) in [5, 5.41) is 4.24. The van der Waals surface area contributed by atoms with Gasteiger partial charge in [-0.1, -0.05) is 48.2 Å². The van der Waals surface area contributed by atoms with E-state index in [1.807, 2.05) is 6.20 Å². The largest absolute Gasteiger partial charge is 0.439 e. The van der Waals surface area contributed by atoms with E-state index in [2.05, 4.69) is 71.2 Å². The van der Waals surface area contributed by atoms with Crippen molar-refractivity contribution in [1.82, 2.24) is 9.88 Å². The molecule has 1 fully saturated rings. The molecule has 0 bridgehead atoms. The van der Waals surface area contributed by atoms with Gasteiger partial charge in [0, 0.05) is 10.5 Å². The minimum Gasteiger partial charge on any atom is -0.439 e. The monoisotopic (exact) mass is 417 g/mol. The van der Waals surface area contributed by atoms with Gasteiger partial charge in [-0.25, -0.2) is 4.98 Å². The Morgan fingerprint density at radius 1 is 1.17 bits per heavy atom. The van der Waals surface area contributed by atoms with Crippen LogP contribution < -0.4 is 5.32 Å². The molecule has 4 nitrogen and oxygen atoms in total. The number of aromatic nitrogens is 1. The molecule has 3 aromatic rings. The lowest BCUT2D eigenvalue weighted by molar-refractivity contribution is 0.164. The molecule has 0 amide bonds. The van der Waals surface area contributed by atoms with E-state index in [4.69, 9.17) is 4.42 Å². The van der Waals surface area contributed by atoms with Gasteiger partial charge in [-0.3, -0.25) is 4.90 Å². The smallest absolute Gasteiger partial charge is 0.209 e. The third-order valence-electron chi connectivity index (χ3n) is 6.04. The molecule has 1 saturated heterocycles. The second kappa shape index (κ2) is 8.32. The highest BCUT2D eigenvalue weighted by molar-refractivity contribution is 8.03. The summed E-state index contributed by atoms with van der Waals surface area (Å²) in [6.07, 6.45) is 5.51. The van der Waals surface area contributed by atoms with Crippen LogP contribution in [0.1, 0.15) is 29.9 Å². The molecule has 0 spiro atoms. The van der Waals surface area contributed by atoms with E-state index in [1.54, 1.807) is 11.8 Å². The summed E-state index contributed by atoms with van der Waals surface area (Å²) in [6, 6.07) is 15.3. The normalized spacial score (nSPS) is 17.2. The minimum absolute atomic E-state index is 0.774. The van der Waals surface area contributed by atoms with Crippen molar-refractivity contribution in [3.05, 3.63) is 77.3 Å². The first-order valence-electron chi connectivity index (χ1n) is 10.6. The van der Waals surface area contributed by atoms with Crippen molar-refractivity contribution in [2.75, 3.05) is 18.4 Å². The van der Waals surface area contributed by atoms with Crippen LogP contribution in [-0.2, 0) is 13.0 Å². The fourth-order valence-corrected chi connectivity index (χ4v) is 5.13. The van der Waals surface area contributed by atoms with E-state index in [1.165, 1.54) is 35.3 Å². The summed E-state index contributed by atoms with van der Waals surface area (Å²) >= 11 is 1.66. The number of hydrogen-bond acceptors (Lipinski definition) is 5. The Labute approximate surface area is 182 Å². The molecular formula is C25H27N3OS. The number of aryl methyl sites for hydroxylation is 1. The van der Waals surface area contributed by atoms with Gasteiger partial charge in [0.25, 0.3) is 0 Å². The number of hydrogen-bond donors (Lipinski definition) is 1. The summed E-state index contributed by atoms with van der Waals surface area (Å²) in [6.45, 7) is 9.13. The highest BCUT2D eigenvalue weighted by atomic mass is 32.2. The number of nitrogens with one attached hydrogen (secondary N) is 1. The van der Waals surface area contributed by atoms with Crippen LogP contribution in [0.2, 0.25) is 0 Å². The molecule has 0 radical (unpaired) electrons. The van der Waals surface area contributed by atoms with Gasteiger partial charge < -0.3 is 9.73 Å². The SMILES string of the molecule is C=C1Nc2ccc(-c3cnc(CN4CCC(Cc5ccc(C)cc5)CC4)o3)cc2S1. The zero-order valence-electron chi connectivity index (χ0n) is 17.4. The predicted octanol–water partition coefficient (Wildman–Crippen LogP) is 6.09. The van der Waals surface area contributed by atoms with Crippen LogP contribution in [0.3, 0.4) is 0 Å². The van der Waals surface area contributed by atoms with Crippen LogP contribution in [0.15, 0.2) is 69.6 Å². The molecule has 0 saturated carbocycles. The first-order valence-corrected chi connectivity index (χ1v) is 11.4. The summed E-state index contributed by atoms with van der Waals surface area (Å²) in [7, 11) is 0. The Morgan fingerprint density at radius 3 is 2.77 bits per heavy atom. The van der Waals surface area contributed by atoms with Crippen LogP contribution in [0.4, 0.5) is 5.69 Å². The van der Waals surface area contributed by atoms with Gasteiger partial charge >= 0.3 is 0 Å². The molecule has 2 aliphatic rings.